The first kappa shape index (κ1) is 15.3. The summed E-state index contributed by atoms with van der Waals surface area (Å²) >= 11 is 0. The molecule has 0 aromatic heterocycles. The van der Waals surface area contributed by atoms with E-state index < -0.39 is 11.9 Å². The third-order valence-electron chi connectivity index (χ3n) is 6.18. The van der Waals surface area contributed by atoms with Crippen LogP contribution in [0.1, 0.15) is 34.0 Å². The molecule has 0 unspecified atom stereocenters. The van der Waals surface area contributed by atoms with Gasteiger partial charge in [-0.2, -0.15) is 0 Å². The maximum atomic E-state index is 13.9. The number of rotatable bonds is 5. The Morgan fingerprint density at radius 3 is 3.17 bits per heavy atom. The highest BCUT2D eigenvalue weighted by Crippen LogP contribution is 2.49. The van der Waals surface area contributed by atoms with Gasteiger partial charge in [0.1, 0.15) is 11.6 Å². The summed E-state index contributed by atoms with van der Waals surface area (Å²) in [5.41, 5.74) is 3.43. The van der Waals surface area contributed by atoms with Gasteiger partial charge in [0.15, 0.2) is 0 Å². The number of carbonyl (C=O) groups is 1. The van der Waals surface area contributed by atoms with E-state index in [1.54, 1.807) is 0 Å². The Hall–Kier alpha value is -2.60. The molecule has 152 valence electrons. The van der Waals surface area contributed by atoms with Crippen molar-refractivity contribution < 1.29 is 18.0 Å². The van der Waals surface area contributed by atoms with Crippen molar-refractivity contribution in [1.29, 1.82) is 0 Å². The Labute approximate surface area is 174 Å². The minimum atomic E-state index is -0.829. The van der Waals surface area contributed by atoms with Crippen LogP contribution in [0, 0.1) is 12.7 Å². The summed E-state index contributed by atoms with van der Waals surface area (Å²) in [6.07, 6.45) is 1.69. The topological polar surface area (TPSA) is 44.8 Å². The van der Waals surface area contributed by atoms with Gasteiger partial charge in [0.2, 0.25) is 5.91 Å². The number of nitrogens with zero attached hydrogens (tertiary/aromatic N) is 2. The fourth-order valence-electron chi connectivity index (χ4n) is 4.87. The fraction of sp³-hybridized carbons (Fsp3) is 0.435. The van der Waals surface area contributed by atoms with Crippen molar-refractivity contribution in [2.45, 2.75) is 31.7 Å². The average Bonchev–Trinajstić information content (AvgIpc) is 3.10. The number of ether oxygens (including phenoxy) is 1. The number of piperidine rings is 1. The lowest BCUT2D eigenvalue weighted by Gasteiger charge is -2.39. The standard InChI is InChI=1S/C23H26FN3O2/c1-15-12-16(6-7-19(15)24)29-11-3-9-26-10-8-21-18(13-26)17-4-2-5-20-23(17)27(21)14-22(28)25-20/h2,4-7,12,18,21H,3,8-11,13-14H2,1H3,(H,25,28)/t18-,21-/m0/s1/i6D,7D,12D. The van der Waals surface area contributed by atoms with E-state index in [4.69, 9.17) is 8.85 Å². The first-order valence-corrected chi connectivity index (χ1v) is 10.2. The molecule has 0 radical (unpaired) electrons. The number of hydrogen-bond acceptors (Lipinski definition) is 4. The molecule has 6 heteroatoms. The lowest BCUT2D eigenvalue weighted by molar-refractivity contribution is -0.115. The predicted molar refractivity (Wildman–Crippen MR) is 111 cm³/mol. The Balaban J connectivity index is 1.22. The normalized spacial score (nSPS) is 24.3. The second-order valence-corrected chi connectivity index (χ2v) is 8.03. The van der Waals surface area contributed by atoms with Crippen molar-refractivity contribution in [3.63, 3.8) is 0 Å². The minimum Gasteiger partial charge on any atom is -0.494 e. The number of halogens is 1. The van der Waals surface area contributed by atoms with E-state index in [-0.39, 0.29) is 29.3 Å². The second kappa shape index (κ2) is 7.34. The number of nitrogens with one attached hydrogen (secondary N) is 1. The first-order chi connectivity index (χ1) is 15.4. The quantitative estimate of drug-likeness (QED) is 0.783. The number of amides is 1. The highest BCUT2D eigenvalue weighted by molar-refractivity contribution is 6.03. The van der Waals surface area contributed by atoms with Gasteiger partial charge in [-0.25, -0.2) is 4.39 Å². The van der Waals surface area contributed by atoms with E-state index in [0.29, 0.717) is 31.5 Å². The lowest BCUT2D eigenvalue weighted by Crippen LogP contribution is -2.49. The van der Waals surface area contributed by atoms with Gasteiger partial charge in [-0.1, -0.05) is 12.1 Å². The lowest BCUT2D eigenvalue weighted by atomic mass is 9.89. The average molecular weight is 398 g/mol. The van der Waals surface area contributed by atoms with Crippen LogP contribution in [0.2, 0.25) is 0 Å². The van der Waals surface area contributed by atoms with Gasteiger partial charge in [0, 0.05) is 31.6 Å². The van der Waals surface area contributed by atoms with Gasteiger partial charge in [-0.05, 0) is 55.1 Å². The second-order valence-electron chi connectivity index (χ2n) is 8.03. The highest BCUT2D eigenvalue weighted by atomic mass is 19.1. The summed E-state index contributed by atoms with van der Waals surface area (Å²) in [6.45, 7) is 4.80. The molecule has 2 aromatic rings. The molecule has 5 rings (SSSR count). The Bertz CT molecular complexity index is 1070. The number of carbonyl (C=O) groups excluding carboxylic acids is 1. The van der Waals surface area contributed by atoms with Crippen molar-refractivity contribution >= 4 is 17.3 Å². The number of benzene rings is 2. The first-order valence-electron chi connectivity index (χ1n) is 11.7. The van der Waals surface area contributed by atoms with E-state index in [9.17, 15) is 9.18 Å². The van der Waals surface area contributed by atoms with Crippen molar-refractivity contribution in [1.82, 2.24) is 4.90 Å². The van der Waals surface area contributed by atoms with E-state index in [1.807, 2.05) is 12.1 Å². The summed E-state index contributed by atoms with van der Waals surface area (Å²) in [5, 5.41) is 2.99. The zero-order valence-corrected chi connectivity index (χ0v) is 16.4. The molecule has 0 bridgehead atoms. The van der Waals surface area contributed by atoms with Crippen LogP contribution in [0.25, 0.3) is 0 Å². The van der Waals surface area contributed by atoms with E-state index in [0.717, 1.165) is 31.7 Å². The molecular weight excluding hydrogens is 369 g/mol. The summed E-state index contributed by atoms with van der Waals surface area (Å²) in [5.74, 6) is -0.442. The van der Waals surface area contributed by atoms with Crippen LogP contribution < -0.4 is 15.0 Å². The number of hydrogen-bond donors (Lipinski definition) is 1. The molecule has 3 aliphatic heterocycles. The molecule has 0 saturated carbocycles. The molecule has 0 aliphatic carbocycles. The number of fused-ring (bicyclic) bond motifs is 3. The van der Waals surface area contributed by atoms with Gasteiger partial charge in [0.25, 0.3) is 0 Å². The summed E-state index contributed by atoms with van der Waals surface area (Å²) in [4.78, 5) is 16.8. The number of para-hydroxylation sites is 1. The monoisotopic (exact) mass is 398 g/mol. The predicted octanol–water partition coefficient (Wildman–Crippen LogP) is 3.53. The fourth-order valence-corrected chi connectivity index (χ4v) is 4.87. The summed E-state index contributed by atoms with van der Waals surface area (Å²) < 4.78 is 43.1. The van der Waals surface area contributed by atoms with Crippen LogP contribution in [0.15, 0.2) is 36.3 Å². The summed E-state index contributed by atoms with van der Waals surface area (Å²) in [6, 6.07) is 5.44. The molecule has 1 saturated heterocycles. The van der Waals surface area contributed by atoms with Gasteiger partial charge < -0.3 is 19.9 Å². The van der Waals surface area contributed by atoms with E-state index in [1.165, 1.54) is 18.2 Å². The van der Waals surface area contributed by atoms with Crippen molar-refractivity contribution in [2.24, 2.45) is 0 Å². The Morgan fingerprint density at radius 2 is 2.28 bits per heavy atom. The van der Waals surface area contributed by atoms with Crippen molar-refractivity contribution in [2.75, 3.05) is 43.0 Å². The van der Waals surface area contributed by atoms with Crippen LogP contribution in [0.4, 0.5) is 15.8 Å². The Morgan fingerprint density at radius 1 is 1.38 bits per heavy atom. The number of anilines is 2. The zero-order chi connectivity index (χ0) is 22.6. The van der Waals surface area contributed by atoms with Gasteiger partial charge >= 0.3 is 0 Å². The number of likely N-dealkylation sites (tertiary alicyclic amines) is 1. The van der Waals surface area contributed by atoms with Gasteiger partial charge in [-0.15, -0.1) is 0 Å². The highest BCUT2D eigenvalue weighted by Gasteiger charge is 2.44. The molecular formula is C23H26FN3O2. The largest absolute Gasteiger partial charge is 0.494 e. The molecule has 1 fully saturated rings. The third-order valence-corrected chi connectivity index (χ3v) is 6.18. The third kappa shape index (κ3) is 3.35. The zero-order valence-electron chi connectivity index (χ0n) is 19.4. The molecule has 1 N–H and O–H groups in total. The molecule has 2 atom stereocenters. The molecule has 1 amide bonds. The molecule has 2 aromatic carbocycles. The van der Waals surface area contributed by atoms with Crippen LogP contribution in [-0.4, -0.2) is 49.6 Å². The van der Waals surface area contributed by atoms with Crippen LogP contribution in [0.3, 0.4) is 0 Å². The SMILES string of the molecule is [2H]c1c([2H])c(OCCCN2CC[C@H]3[C@@H](C2)c2cccc4c2N3CC(=O)N4)c([2H])c(C)c1F. The molecule has 5 nitrogen and oxygen atoms in total. The molecule has 3 aliphatic rings. The minimum absolute atomic E-state index is 0.0175. The van der Waals surface area contributed by atoms with Crippen molar-refractivity contribution in [3.05, 3.63) is 53.3 Å². The van der Waals surface area contributed by atoms with Crippen LogP contribution in [0.5, 0.6) is 5.75 Å². The van der Waals surface area contributed by atoms with E-state index in [2.05, 4.69) is 21.2 Å². The molecule has 0 spiro atoms. The summed E-state index contributed by atoms with van der Waals surface area (Å²) in [7, 11) is 0. The van der Waals surface area contributed by atoms with E-state index >= 15 is 0 Å². The maximum Gasteiger partial charge on any atom is 0.243 e. The maximum absolute atomic E-state index is 13.9. The van der Waals surface area contributed by atoms with Crippen LogP contribution in [-0.2, 0) is 4.79 Å². The van der Waals surface area contributed by atoms with Gasteiger partial charge in [-0.3, -0.25) is 4.79 Å². The molecule has 29 heavy (non-hydrogen) atoms. The van der Waals surface area contributed by atoms with Gasteiger partial charge in [0.05, 0.1) is 28.6 Å². The smallest absolute Gasteiger partial charge is 0.243 e. The van der Waals surface area contributed by atoms with Crippen LogP contribution >= 0.6 is 0 Å². The Kier molecular flexibility index (Phi) is 3.86. The van der Waals surface area contributed by atoms with Crippen molar-refractivity contribution in [3.8, 4) is 5.75 Å². The molecule has 3 heterocycles.